The van der Waals surface area contributed by atoms with Crippen LogP contribution in [0.1, 0.15) is 33.6 Å². The van der Waals surface area contributed by atoms with Gasteiger partial charge >= 0.3 is 0 Å². The van der Waals surface area contributed by atoms with Crippen molar-refractivity contribution in [2.24, 2.45) is 5.92 Å². The van der Waals surface area contributed by atoms with E-state index in [1.807, 2.05) is 20.8 Å². The van der Waals surface area contributed by atoms with E-state index in [1.54, 1.807) is 0 Å². The highest BCUT2D eigenvalue weighted by molar-refractivity contribution is 7.91. The largest absolute Gasteiger partial charge is 0.354 e. The van der Waals surface area contributed by atoms with Gasteiger partial charge in [-0.25, -0.2) is 8.42 Å². The lowest BCUT2D eigenvalue weighted by Crippen LogP contribution is -2.49. The lowest BCUT2D eigenvalue weighted by molar-refractivity contribution is -0.123. The monoisotopic (exact) mass is 276 g/mol. The third-order valence-electron chi connectivity index (χ3n) is 3.12. The van der Waals surface area contributed by atoms with Crippen LogP contribution in [0.4, 0.5) is 0 Å². The van der Waals surface area contributed by atoms with E-state index in [9.17, 15) is 13.2 Å². The Bertz CT molecular complexity index is 365. The minimum absolute atomic E-state index is 0.0165. The number of amides is 1. The summed E-state index contributed by atoms with van der Waals surface area (Å²) in [6.07, 6.45) is 1.20. The van der Waals surface area contributed by atoms with Gasteiger partial charge in [0.15, 0.2) is 0 Å². The average molecular weight is 276 g/mol. The van der Waals surface area contributed by atoms with Crippen LogP contribution < -0.4 is 10.6 Å². The summed E-state index contributed by atoms with van der Waals surface area (Å²) < 4.78 is 22.6. The summed E-state index contributed by atoms with van der Waals surface area (Å²) in [6, 6.07) is -0.136. The molecule has 1 aliphatic rings. The number of hydrogen-bond acceptors (Lipinski definition) is 4. The van der Waals surface area contributed by atoms with E-state index < -0.39 is 9.84 Å². The SMILES string of the molecule is CC(C)CNC(=O)C(C)NC1CCS(=O)(=O)CC1. The summed E-state index contributed by atoms with van der Waals surface area (Å²) >= 11 is 0. The minimum Gasteiger partial charge on any atom is -0.354 e. The smallest absolute Gasteiger partial charge is 0.236 e. The Labute approximate surface area is 110 Å². The summed E-state index contributed by atoms with van der Waals surface area (Å²) in [6.45, 7) is 6.58. The maximum Gasteiger partial charge on any atom is 0.236 e. The molecule has 1 heterocycles. The van der Waals surface area contributed by atoms with Crippen molar-refractivity contribution in [3.8, 4) is 0 Å². The third-order valence-corrected chi connectivity index (χ3v) is 4.83. The van der Waals surface area contributed by atoms with Gasteiger partial charge in [-0.2, -0.15) is 0 Å². The van der Waals surface area contributed by atoms with E-state index in [0.29, 0.717) is 25.3 Å². The molecule has 6 heteroatoms. The lowest BCUT2D eigenvalue weighted by Gasteiger charge is -2.26. The van der Waals surface area contributed by atoms with Crippen LogP contribution in [0.15, 0.2) is 0 Å². The Kier molecular flexibility index (Phi) is 5.59. The quantitative estimate of drug-likeness (QED) is 0.758. The van der Waals surface area contributed by atoms with Gasteiger partial charge in [-0.3, -0.25) is 4.79 Å². The van der Waals surface area contributed by atoms with E-state index >= 15 is 0 Å². The molecule has 1 aliphatic heterocycles. The first-order chi connectivity index (χ1) is 8.30. The molecule has 0 aromatic heterocycles. The standard InChI is InChI=1S/C12H24N2O3S/c1-9(2)8-13-12(15)10(3)14-11-4-6-18(16,17)7-5-11/h9-11,14H,4-8H2,1-3H3,(H,13,15). The highest BCUT2D eigenvalue weighted by Crippen LogP contribution is 2.12. The van der Waals surface area contributed by atoms with Crippen molar-refractivity contribution in [2.45, 2.75) is 45.7 Å². The van der Waals surface area contributed by atoms with Crippen LogP contribution in [0.5, 0.6) is 0 Å². The number of carbonyl (C=O) groups excluding carboxylic acids is 1. The Morgan fingerprint density at radius 3 is 2.28 bits per heavy atom. The minimum atomic E-state index is -2.83. The molecular formula is C12H24N2O3S. The van der Waals surface area contributed by atoms with Gasteiger partial charge in [0.25, 0.3) is 0 Å². The second-order valence-electron chi connectivity index (χ2n) is 5.45. The molecule has 1 fully saturated rings. The van der Waals surface area contributed by atoms with Gasteiger partial charge in [0.05, 0.1) is 17.5 Å². The second-order valence-corrected chi connectivity index (χ2v) is 7.76. The van der Waals surface area contributed by atoms with Crippen LogP contribution >= 0.6 is 0 Å². The van der Waals surface area contributed by atoms with Crippen molar-refractivity contribution in [1.82, 2.24) is 10.6 Å². The van der Waals surface area contributed by atoms with E-state index in [1.165, 1.54) is 0 Å². The molecule has 2 N–H and O–H groups in total. The number of rotatable bonds is 5. The maximum absolute atomic E-state index is 11.8. The number of nitrogens with one attached hydrogen (secondary N) is 2. The molecular weight excluding hydrogens is 252 g/mol. The summed E-state index contributed by atoms with van der Waals surface area (Å²) in [4.78, 5) is 11.8. The van der Waals surface area contributed by atoms with Gasteiger partial charge in [0.1, 0.15) is 9.84 Å². The van der Waals surface area contributed by atoms with Gasteiger partial charge in [0.2, 0.25) is 5.91 Å². The number of carbonyl (C=O) groups is 1. The summed E-state index contributed by atoms with van der Waals surface area (Å²) in [5.41, 5.74) is 0. The van der Waals surface area contributed by atoms with Crippen molar-refractivity contribution in [3.05, 3.63) is 0 Å². The lowest BCUT2D eigenvalue weighted by atomic mass is 10.1. The van der Waals surface area contributed by atoms with Crippen LogP contribution in [0.25, 0.3) is 0 Å². The molecule has 18 heavy (non-hydrogen) atoms. The molecule has 0 aromatic carbocycles. The molecule has 0 spiro atoms. The Morgan fingerprint density at radius 1 is 1.22 bits per heavy atom. The zero-order valence-electron chi connectivity index (χ0n) is 11.4. The van der Waals surface area contributed by atoms with Gasteiger partial charge in [-0.15, -0.1) is 0 Å². The predicted octanol–water partition coefficient (Wildman–Crippen LogP) is 0.314. The molecule has 1 unspecified atom stereocenters. The van der Waals surface area contributed by atoms with Crippen molar-refractivity contribution >= 4 is 15.7 Å². The predicted molar refractivity (Wildman–Crippen MR) is 72.1 cm³/mol. The van der Waals surface area contributed by atoms with Crippen molar-refractivity contribution in [3.63, 3.8) is 0 Å². The molecule has 106 valence electrons. The van der Waals surface area contributed by atoms with E-state index in [2.05, 4.69) is 10.6 Å². The van der Waals surface area contributed by atoms with Crippen molar-refractivity contribution in [2.75, 3.05) is 18.1 Å². The highest BCUT2D eigenvalue weighted by Gasteiger charge is 2.25. The molecule has 0 aliphatic carbocycles. The third kappa shape index (κ3) is 5.35. The summed E-state index contributed by atoms with van der Waals surface area (Å²) in [7, 11) is -2.83. The molecule has 1 amide bonds. The molecule has 1 rings (SSSR count). The molecule has 0 saturated carbocycles. The first-order valence-electron chi connectivity index (χ1n) is 6.54. The Morgan fingerprint density at radius 2 is 1.78 bits per heavy atom. The Hall–Kier alpha value is -0.620. The van der Waals surface area contributed by atoms with Crippen molar-refractivity contribution < 1.29 is 13.2 Å². The van der Waals surface area contributed by atoms with Crippen LogP contribution in [-0.2, 0) is 14.6 Å². The molecule has 1 saturated heterocycles. The van der Waals surface area contributed by atoms with Gasteiger partial charge in [-0.1, -0.05) is 13.8 Å². The number of hydrogen-bond donors (Lipinski definition) is 2. The fraction of sp³-hybridized carbons (Fsp3) is 0.917. The van der Waals surface area contributed by atoms with E-state index in [-0.39, 0.29) is 29.5 Å². The topological polar surface area (TPSA) is 75.3 Å². The fourth-order valence-corrected chi connectivity index (χ4v) is 3.44. The van der Waals surface area contributed by atoms with Crippen LogP contribution in [0.3, 0.4) is 0 Å². The molecule has 0 aromatic rings. The van der Waals surface area contributed by atoms with Crippen LogP contribution in [0.2, 0.25) is 0 Å². The summed E-state index contributed by atoms with van der Waals surface area (Å²) in [5.74, 6) is 0.869. The zero-order chi connectivity index (χ0) is 13.8. The van der Waals surface area contributed by atoms with E-state index in [0.717, 1.165) is 0 Å². The van der Waals surface area contributed by atoms with Crippen LogP contribution in [0, 0.1) is 5.92 Å². The zero-order valence-corrected chi connectivity index (χ0v) is 12.2. The average Bonchev–Trinajstić information content (AvgIpc) is 2.28. The molecule has 5 nitrogen and oxygen atoms in total. The highest BCUT2D eigenvalue weighted by atomic mass is 32.2. The second kappa shape index (κ2) is 6.52. The van der Waals surface area contributed by atoms with Crippen LogP contribution in [-0.4, -0.2) is 44.5 Å². The number of sulfone groups is 1. The Balaban J connectivity index is 2.32. The maximum atomic E-state index is 11.8. The van der Waals surface area contributed by atoms with Gasteiger partial charge < -0.3 is 10.6 Å². The fourth-order valence-electron chi connectivity index (χ4n) is 1.94. The molecule has 1 atom stereocenters. The molecule has 0 bridgehead atoms. The normalized spacial score (nSPS) is 21.8. The van der Waals surface area contributed by atoms with Gasteiger partial charge in [0, 0.05) is 12.6 Å². The molecule has 0 radical (unpaired) electrons. The first-order valence-corrected chi connectivity index (χ1v) is 8.36. The van der Waals surface area contributed by atoms with Crippen molar-refractivity contribution in [1.29, 1.82) is 0 Å². The first kappa shape index (κ1) is 15.4. The summed E-state index contributed by atoms with van der Waals surface area (Å²) in [5, 5.41) is 6.07. The van der Waals surface area contributed by atoms with Gasteiger partial charge in [-0.05, 0) is 25.7 Å². The van der Waals surface area contributed by atoms with E-state index in [4.69, 9.17) is 0 Å².